The fourth-order valence-corrected chi connectivity index (χ4v) is 5.37. The van der Waals surface area contributed by atoms with Gasteiger partial charge in [0.2, 0.25) is 5.91 Å². The fourth-order valence-electron chi connectivity index (χ4n) is 5.37. The van der Waals surface area contributed by atoms with Gasteiger partial charge in [-0.3, -0.25) is 14.2 Å². The van der Waals surface area contributed by atoms with Crippen molar-refractivity contribution >= 4 is 17.1 Å². The molecule has 0 aliphatic heterocycles. The number of carbonyl (C=O) groups is 1. The van der Waals surface area contributed by atoms with Crippen molar-refractivity contribution < 1.29 is 4.79 Å². The Morgan fingerprint density at radius 2 is 1.57 bits per heavy atom. The molecule has 192 valence electrons. The highest BCUT2D eigenvalue weighted by molar-refractivity contribution is 5.77. The van der Waals surface area contributed by atoms with Crippen LogP contribution in [0.5, 0.6) is 0 Å². The van der Waals surface area contributed by atoms with E-state index in [0.29, 0.717) is 29.5 Å². The molecule has 1 aliphatic rings. The van der Waals surface area contributed by atoms with Gasteiger partial charge in [-0.2, -0.15) is 0 Å². The second-order valence-electron chi connectivity index (χ2n) is 10.2. The van der Waals surface area contributed by atoms with Gasteiger partial charge >= 0.3 is 5.69 Å². The number of hydrogen-bond donors (Lipinski definition) is 1. The number of fused-ring (bicyclic) bond motifs is 1. The van der Waals surface area contributed by atoms with Gasteiger partial charge in [0.1, 0.15) is 6.54 Å². The number of amides is 1. The predicted molar refractivity (Wildman–Crippen MR) is 143 cm³/mol. The summed E-state index contributed by atoms with van der Waals surface area (Å²) in [5.74, 6) is 0.553. The molecule has 1 saturated carbocycles. The number of hydrogen-bond acceptors (Lipinski definition) is 4. The first-order valence-corrected chi connectivity index (χ1v) is 13.0. The van der Waals surface area contributed by atoms with E-state index in [9.17, 15) is 14.4 Å². The third-order valence-corrected chi connectivity index (χ3v) is 7.72. The number of nitrogens with one attached hydrogen (secondary N) is 1. The Morgan fingerprint density at radius 3 is 2.24 bits per heavy atom. The molecule has 0 radical (unpaired) electrons. The number of benzene rings is 2. The highest BCUT2D eigenvalue weighted by atomic mass is 16.2. The highest BCUT2D eigenvalue weighted by Gasteiger charge is 2.29. The lowest BCUT2D eigenvalue weighted by atomic mass is 9.78. The number of nitrogens with zero attached hydrogens (tertiary/aromatic N) is 4. The van der Waals surface area contributed by atoms with E-state index in [1.165, 1.54) is 4.57 Å². The first-order valence-electron chi connectivity index (χ1n) is 13.0. The van der Waals surface area contributed by atoms with Gasteiger partial charge in [-0.05, 0) is 29.4 Å². The lowest BCUT2D eigenvalue weighted by Gasteiger charge is -2.34. The SMILES string of the molecule is C[C@@H]1[C@H](C)CCC[C@H]1NC(=O)Cn1c(=O)c2c(ncn2Cc2ccccc2)n(Cc2ccccc2)c1=O. The van der Waals surface area contributed by atoms with E-state index in [-0.39, 0.29) is 25.0 Å². The Hall–Kier alpha value is -3.94. The minimum absolute atomic E-state index is 0.0471. The molecule has 1 amide bonds. The predicted octanol–water partition coefficient (Wildman–Crippen LogP) is 3.40. The van der Waals surface area contributed by atoms with Crippen LogP contribution in [0.25, 0.3) is 11.2 Å². The summed E-state index contributed by atoms with van der Waals surface area (Å²) in [6, 6.07) is 19.4. The van der Waals surface area contributed by atoms with Crippen LogP contribution in [-0.2, 0) is 24.4 Å². The summed E-state index contributed by atoms with van der Waals surface area (Å²) in [5, 5.41) is 3.10. The van der Waals surface area contributed by atoms with E-state index >= 15 is 0 Å². The third-order valence-electron chi connectivity index (χ3n) is 7.72. The molecule has 0 unspecified atom stereocenters. The minimum atomic E-state index is -0.536. The van der Waals surface area contributed by atoms with Crippen molar-refractivity contribution in [1.82, 2.24) is 24.0 Å². The average molecular weight is 500 g/mol. The van der Waals surface area contributed by atoms with Gasteiger partial charge in [0.05, 0.1) is 12.9 Å². The van der Waals surface area contributed by atoms with Gasteiger partial charge in [0.15, 0.2) is 11.2 Å². The van der Waals surface area contributed by atoms with Crippen molar-refractivity contribution in [2.24, 2.45) is 11.8 Å². The van der Waals surface area contributed by atoms with Crippen molar-refractivity contribution in [3.63, 3.8) is 0 Å². The summed E-state index contributed by atoms with van der Waals surface area (Å²) in [5.41, 5.74) is 1.51. The van der Waals surface area contributed by atoms with Crippen molar-refractivity contribution in [2.75, 3.05) is 0 Å². The van der Waals surface area contributed by atoms with Crippen LogP contribution in [-0.4, -0.2) is 30.6 Å². The topological polar surface area (TPSA) is 90.9 Å². The molecular formula is C29H33N5O3. The number of rotatable bonds is 7. The Morgan fingerprint density at radius 1 is 0.919 bits per heavy atom. The Labute approximate surface area is 215 Å². The van der Waals surface area contributed by atoms with Crippen molar-refractivity contribution in [3.05, 3.63) is 99.0 Å². The zero-order chi connectivity index (χ0) is 25.9. The molecule has 5 rings (SSSR count). The van der Waals surface area contributed by atoms with Crippen molar-refractivity contribution in [1.29, 1.82) is 0 Å². The van der Waals surface area contributed by atoms with Gasteiger partial charge in [0, 0.05) is 12.6 Å². The smallest absolute Gasteiger partial charge is 0.333 e. The number of carbonyl (C=O) groups excluding carboxylic acids is 1. The molecule has 1 aliphatic carbocycles. The van der Waals surface area contributed by atoms with E-state index in [4.69, 9.17) is 0 Å². The van der Waals surface area contributed by atoms with Crippen LogP contribution in [0.3, 0.4) is 0 Å². The molecule has 4 aromatic rings. The quantitative estimate of drug-likeness (QED) is 0.422. The second-order valence-corrected chi connectivity index (χ2v) is 10.2. The normalized spacial score (nSPS) is 19.7. The second kappa shape index (κ2) is 10.6. The summed E-state index contributed by atoms with van der Waals surface area (Å²) in [6.07, 6.45) is 4.72. The van der Waals surface area contributed by atoms with E-state index < -0.39 is 11.2 Å². The Bertz CT molecular complexity index is 1500. The van der Waals surface area contributed by atoms with Gasteiger partial charge in [0.25, 0.3) is 5.56 Å². The maximum Gasteiger partial charge on any atom is 0.333 e. The molecule has 0 bridgehead atoms. The summed E-state index contributed by atoms with van der Waals surface area (Å²) in [4.78, 5) is 44.9. The van der Waals surface area contributed by atoms with Crippen LogP contribution in [0.1, 0.15) is 44.2 Å². The first-order chi connectivity index (χ1) is 17.9. The van der Waals surface area contributed by atoms with Crippen LogP contribution in [0.15, 0.2) is 76.6 Å². The van der Waals surface area contributed by atoms with Crippen LogP contribution in [0, 0.1) is 11.8 Å². The summed E-state index contributed by atoms with van der Waals surface area (Å²) >= 11 is 0. The molecule has 8 nitrogen and oxygen atoms in total. The molecule has 0 spiro atoms. The fraction of sp³-hybridized carbons (Fsp3) is 0.379. The van der Waals surface area contributed by atoms with Crippen molar-refractivity contribution in [2.45, 2.75) is 58.8 Å². The number of imidazole rings is 1. The molecule has 8 heteroatoms. The Balaban J connectivity index is 1.55. The van der Waals surface area contributed by atoms with Gasteiger partial charge in [-0.25, -0.2) is 14.3 Å². The van der Waals surface area contributed by atoms with Crippen molar-refractivity contribution in [3.8, 4) is 0 Å². The minimum Gasteiger partial charge on any atom is -0.352 e. The number of aromatic nitrogens is 4. The molecule has 0 saturated heterocycles. The highest BCUT2D eigenvalue weighted by Crippen LogP contribution is 2.29. The summed E-state index contributed by atoms with van der Waals surface area (Å²) < 4.78 is 4.31. The molecule has 3 atom stereocenters. The Kier molecular flexibility index (Phi) is 7.08. The molecule has 37 heavy (non-hydrogen) atoms. The van der Waals surface area contributed by atoms with Crippen LogP contribution in [0.4, 0.5) is 0 Å². The standard InChI is InChI=1S/C29H33N5O3/c1-20-10-9-15-24(21(20)2)31-25(35)18-34-28(36)26-27(30-19-32(26)16-22-11-5-3-6-12-22)33(29(34)37)17-23-13-7-4-8-14-23/h3-8,11-14,19-21,24H,9-10,15-18H2,1-2H3,(H,31,35)/t20-,21-,24-/m1/s1. The van der Waals surface area contributed by atoms with E-state index in [0.717, 1.165) is 35.0 Å². The van der Waals surface area contributed by atoms with Crippen LogP contribution < -0.4 is 16.6 Å². The maximum atomic E-state index is 13.7. The molecule has 1 fully saturated rings. The largest absolute Gasteiger partial charge is 0.352 e. The third kappa shape index (κ3) is 5.14. The van der Waals surface area contributed by atoms with E-state index in [2.05, 4.69) is 24.1 Å². The van der Waals surface area contributed by atoms with Crippen LogP contribution in [0.2, 0.25) is 0 Å². The van der Waals surface area contributed by atoms with Gasteiger partial charge in [-0.1, -0.05) is 87.4 Å². The lowest BCUT2D eigenvalue weighted by molar-refractivity contribution is -0.123. The first kappa shape index (κ1) is 24.7. The van der Waals surface area contributed by atoms with E-state index in [1.807, 2.05) is 60.7 Å². The van der Waals surface area contributed by atoms with E-state index in [1.54, 1.807) is 10.9 Å². The van der Waals surface area contributed by atoms with Crippen LogP contribution >= 0.6 is 0 Å². The zero-order valence-corrected chi connectivity index (χ0v) is 21.3. The monoisotopic (exact) mass is 499 g/mol. The molecule has 2 aromatic heterocycles. The molecule has 2 heterocycles. The summed E-state index contributed by atoms with van der Waals surface area (Å²) in [6.45, 7) is 4.72. The average Bonchev–Trinajstić information content (AvgIpc) is 3.32. The lowest BCUT2D eigenvalue weighted by Crippen LogP contribution is -2.48. The van der Waals surface area contributed by atoms with Gasteiger partial charge in [-0.15, -0.1) is 0 Å². The zero-order valence-electron chi connectivity index (χ0n) is 21.3. The molecular weight excluding hydrogens is 466 g/mol. The molecule has 1 N–H and O–H groups in total. The summed E-state index contributed by atoms with van der Waals surface area (Å²) in [7, 11) is 0. The molecule has 2 aromatic carbocycles. The maximum absolute atomic E-state index is 13.7. The van der Waals surface area contributed by atoms with Gasteiger partial charge < -0.3 is 9.88 Å².